The minimum absolute atomic E-state index is 0.0485. The average molecular weight is 863 g/mol. The molecule has 5 N–H and O–H groups in total. The molecule has 5 heterocycles. The number of anilines is 2. The number of piperidine rings is 1. The number of Topliss-reactive ketones (excluding diaryl/α,β-unsaturated/α-hetero) is 1. The van der Waals surface area contributed by atoms with Gasteiger partial charge in [-0.1, -0.05) is 18.9 Å². The molecule has 7 rings (SSSR count). The zero-order valence-corrected chi connectivity index (χ0v) is 34.8. The van der Waals surface area contributed by atoms with Crippen LogP contribution in [0.15, 0.2) is 67.1 Å². The maximum absolute atomic E-state index is 15.7. The number of pyridine rings is 1. The molecule has 0 aliphatic carbocycles. The fraction of sp³-hybridized carbons (Fsp3) is 0.333. The number of amides is 6. The van der Waals surface area contributed by atoms with Crippen molar-refractivity contribution in [3.8, 4) is 16.9 Å². The summed E-state index contributed by atoms with van der Waals surface area (Å²) in [4.78, 5) is 90.0. The maximum Gasteiger partial charge on any atom is 0.264 e. The van der Waals surface area contributed by atoms with Crippen molar-refractivity contribution in [1.82, 2.24) is 29.7 Å². The topological polar surface area (TPSA) is 223 Å². The highest BCUT2D eigenvalue weighted by Crippen LogP contribution is 2.33. The number of nitrogens with one attached hydrogen (secondary N) is 4. The van der Waals surface area contributed by atoms with E-state index in [1.165, 1.54) is 36.0 Å². The van der Waals surface area contributed by atoms with E-state index in [2.05, 4.69) is 26.4 Å². The van der Waals surface area contributed by atoms with Gasteiger partial charge in [-0.2, -0.15) is 5.10 Å². The van der Waals surface area contributed by atoms with Crippen LogP contribution in [-0.4, -0.2) is 91.2 Å². The fourth-order valence-electron chi connectivity index (χ4n) is 7.78. The van der Waals surface area contributed by atoms with Gasteiger partial charge in [0.1, 0.15) is 11.8 Å². The number of aliphatic hydroxyl groups excluding tert-OH is 1. The highest BCUT2D eigenvalue weighted by atomic mass is 19.1. The number of halogens is 1. The van der Waals surface area contributed by atoms with Crippen molar-refractivity contribution in [2.75, 3.05) is 30.3 Å². The molecule has 1 fully saturated rings. The zero-order chi connectivity index (χ0) is 44.8. The second-order valence-electron chi connectivity index (χ2n) is 15.5. The molecule has 5 aromatic rings. The molecule has 2 aliphatic rings. The number of aryl methyl sites for hydroxylation is 1. The maximum atomic E-state index is 15.7. The predicted molar refractivity (Wildman–Crippen MR) is 228 cm³/mol. The average Bonchev–Trinajstić information content (AvgIpc) is 3.94. The molecule has 63 heavy (non-hydrogen) atoms. The van der Waals surface area contributed by atoms with Gasteiger partial charge in [-0.15, -0.1) is 0 Å². The van der Waals surface area contributed by atoms with Crippen molar-refractivity contribution >= 4 is 58.1 Å². The Bertz CT molecular complexity index is 2640. The largest absolute Gasteiger partial charge is 0.493 e. The number of rotatable bonds is 19. The smallest absolute Gasteiger partial charge is 0.264 e. The van der Waals surface area contributed by atoms with Crippen LogP contribution < -0.4 is 26.0 Å². The van der Waals surface area contributed by atoms with Gasteiger partial charge in [0, 0.05) is 75.2 Å². The van der Waals surface area contributed by atoms with Gasteiger partial charge >= 0.3 is 0 Å². The van der Waals surface area contributed by atoms with Crippen molar-refractivity contribution in [2.24, 2.45) is 7.05 Å². The van der Waals surface area contributed by atoms with E-state index < -0.39 is 48.0 Å². The van der Waals surface area contributed by atoms with E-state index in [-0.39, 0.29) is 71.2 Å². The molecule has 0 bridgehead atoms. The first-order valence-electron chi connectivity index (χ1n) is 20.7. The van der Waals surface area contributed by atoms with Gasteiger partial charge < -0.3 is 30.2 Å². The van der Waals surface area contributed by atoms with Crippen molar-refractivity contribution in [3.63, 3.8) is 0 Å². The molecule has 328 valence electrons. The third-order valence-electron chi connectivity index (χ3n) is 11.0. The van der Waals surface area contributed by atoms with Crippen LogP contribution in [0, 0.1) is 5.82 Å². The number of hydrogen-bond acceptors (Lipinski definition) is 11. The molecular weight excluding hydrogens is 816 g/mol. The van der Waals surface area contributed by atoms with Crippen LogP contribution in [0.25, 0.3) is 16.6 Å². The minimum atomic E-state index is -1.03. The highest BCUT2D eigenvalue weighted by Gasteiger charge is 2.45. The van der Waals surface area contributed by atoms with E-state index in [0.29, 0.717) is 47.6 Å². The molecule has 1 atom stereocenters. The lowest BCUT2D eigenvalue weighted by atomic mass is 10.0. The van der Waals surface area contributed by atoms with Crippen molar-refractivity contribution < 1.29 is 47.8 Å². The summed E-state index contributed by atoms with van der Waals surface area (Å²) < 4.78 is 24.7. The number of carbonyl (C=O) groups excluding carboxylic acids is 7. The molecule has 6 amide bonds. The van der Waals surface area contributed by atoms with Crippen molar-refractivity contribution in [3.05, 3.63) is 101 Å². The van der Waals surface area contributed by atoms with Gasteiger partial charge in [0.15, 0.2) is 11.6 Å². The Hall–Kier alpha value is -7.21. The Kier molecular flexibility index (Phi) is 13.4. The summed E-state index contributed by atoms with van der Waals surface area (Å²) in [5, 5.41) is 24.9. The molecule has 1 unspecified atom stereocenters. The second kappa shape index (κ2) is 19.2. The monoisotopic (exact) mass is 862 g/mol. The number of imide groups is 2. The summed E-state index contributed by atoms with van der Waals surface area (Å²) in [6, 6.07) is 11.4. The lowest BCUT2D eigenvalue weighted by Gasteiger charge is -2.27. The molecule has 0 spiro atoms. The van der Waals surface area contributed by atoms with E-state index >= 15 is 4.39 Å². The number of unbranched alkanes of at least 4 members (excludes halogenated alkanes) is 3. The van der Waals surface area contributed by atoms with Gasteiger partial charge in [-0.05, 0) is 67.6 Å². The number of ether oxygens (including phenoxy) is 1. The molecule has 17 nitrogen and oxygen atoms in total. The molecule has 2 aromatic carbocycles. The predicted octanol–water partition coefficient (Wildman–Crippen LogP) is 4.78. The molecule has 18 heteroatoms. The summed E-state index contributed by atoms with van der Waals surface area (Å²) in [6.45, 7) is 2.22. The number of aromatic nitrogens is 3. The quantitative estimate of drug-likeness (QED) is 0.0432. The number of carbonyl (C=O) groups is 7. The lowest BCUT2D eigenvalue weighted by Crippen LogP contribution is -2.54. The highest BCUT2D eigenvalue weighted by molar-refractivity contribution is 6.25. The number of benzene rings is 2. The van der Waals surface area contributed by atoms with Crippen LogP contribution in [0.1, 0.15) is 105 Å². The summed E-state index contributed by atoms with van der Waals surface area (Å²) >= 11 is 0. The van der Waals surface area contributed by atoms with Gasteiger partial charge in [0.25, 0.3) is 17.7 Å². The number of ketones is 1. The van der Waals surface area contributed by atoms with E-state index in [9.17, 15) is 38.7 Å². The number of hydrogen-bond donors (Lipinski definition) is 5. The third kappa shape index (κ3) is 9.65. The molecule has 0 radical (unpaired) electrons. The van der Waals surface area contributed by atoms with Gasteiger partial charge in [0.2, 0.25) is 17.7 Å². The van der Waals surface area contributed by atoms with Crippen LogP contribution in [0.5, 0.6) is 5.75 Å². The van der Waals surface area contributed by atoms with Crippen molar-refractivity contribution in [2.45, 2.75) is 70.9 Å². The van der Waals surface area contributed by atoms with Gasteiger partial charge in [-0.25, -0.2) is 4.39 Å². The number of aliphatic hydroxyl groups is 1. The fourth-order valence-corrected chi connectivity index (χ4v) is 7.78. The summed E-state index contributed by atoms with van der Waals surface area (Å²) in [5.74, 6) is -3.61. The lowest BCUT2D eigenvalue weighted by molar-refractivity contribution is -0.136. The van der Waals surface area contributed by atoms with E-state index in [1.807, 2.05) is 0 Å². The van der Waals surface area contributed by atoms with E-state index in [0.717, 1.165) is 30.6 Å². The Morgan fingerprint density at radius 2 is 1.75 bits per heavy atom. The standard InChI is InChI=1S/C45H47FN8O9/c1-26(56)36-22-32(42(59)50-34-20-27(25-55)19-31(41(34)46)28-23-49-52(2)24-28)37-21-29(14-17-53(36)37)63-18-8-11-38(57)48-16-6-4-3-5-15-47-33-10-7-9-30-40(33)45(62)54(44(30)61)35-12-13-39(58)51-43(35)60/h7,9-10,14,17,19-24,35,47,55H,3-6,8,11-13,15-16,18,25H2,1-2H3,(H,48,57)(H,50,59)(H,51,58,60). The Morgan fingerprint density at radius 3 is 2.48 bits per heavy atom. The Morgan fingerprint density at radius 1 is 0.952 bits per heavy atom. The first-order chi connectivity index (χ1) is 30.3. The van der Waals surface area contributed by atoms with E-state index in [4.69, 9.17) is 4.74 Å². The number of nitrogens with zero attached hydrogens (tertiary/aromatic N) is 4. The molecule has 3 aromatic heterocycles. The molecule has 1 saturated heterocycles. The van der Waals surface area contributed by atoms with Crippen LogP contribution >= 0.6 is 0 Å². The minimum Gasteiger partial charge on any atom is -0.493 e. The second-order valence-corrected chi connectivity index (χ2v) is 15.5. The Labute approximate surface area is 361 Å². The van der Waals surface area contributed by atoms with Crippen LogP contribution in [0.2, 0.25) is 0 Å². The first-order valence-corrected chi connectivity index (χ1v) is 20.7. The van der Waals surface area contributed by atoms with E-state index in [1.54, 1.807) is 54.2 Å². The third-order valence-corrected chi connectivity index (χ3v) is 11.0. The Balaban J connectivity index is 0.839. The van der Waals surface area contributed by atoms with Crippen LogP contribution in [0.3, 0.4) is 0 Å². The van der Waals surface area contributed by atoms with Crippen LogP contribution in [-0.2, 0) is 28.0 Å². The molecular formula is C45H47FN8O9. The number of fused-ring (bicyclic) bond motifs is 2. The summed E-state index contributed by atoms with van der Waals surface area (Å²) in [5.41, 5.74) is 2.48. The summed E-state index contributed by atoms with van der Waals surface area (Å²) in [6.07, 6.45) is 8.71. The van der Waals surface area contributed by atoms with Gasteiger partial charge in [0.05, 0.1) is 53.0 Å². The SMILES string of the molecule is CC(=O)c1cc(C(=O)Nc2cc(CO)cc(-c3cnn(C)c3)c2F)c2cc(OCCCC(=O)NCCCCCCNc3cccc4c3C(=O)N(C3CCC(=O)NC3=O)C4=O)ccn12. The first kappa shape index (κ1) is 43.9. The van der Waals surface area contributed by atoms with Crippen molar-refractivity contribution in [1.29, 1.82) is 0 Å². The van der Waals surface area contributed by atoms with Crippen LogP contribution in [0.4, 0.5) is 15.8 Å². The zero-order valence-electron chi connectivity index (χ0n) is 34.8. The normalized spacial score (nSPS) is 14.8. The molecule has 2 aliphatic heterocycles. The summed E-state index contributed by atoms with van der Waals surface area (Å²) in [7, 11) is 1.69. The van der Waals surface area contributed by atoms with Gasteiger partial charge in [-0.3, -0.25) is 48.5 Å². The molecule has 0 saturated carbocycles.